The molecule has 2 aromatic rings. The van der Waals surface area contributed by atoms with Gasteiger partial charge in [0.1, 0.15) is 11.0 Å². The van der Waals surface area contributed by atoms with Gasteiger partial charge in [-0.1, -0.05) is 30.1 Å². The Balaban J connectivity index is 2.55. The van der Waals surface area contributed by atoms with Crippen LogP contribution in [0.2, 0.25) is 10.0 Å². The highest BCUT2D eigenvalue weighted by molar-refractivity contribution is 7.00. The van der Waals surface area contributed by atoms with Gasteiger partial charge in [-0.25, -0.2) is 0 Å². The van der Waals surface area contributed by atoms with Crippen molar-refractivity contribution >= 4 is 51.7 Å². The summed E-state index contributed by atoms with van der Waals surface area (Å²) in [4.78, 5) is 0. The minimum atomic E-state index is 0.547. The van der Waals surface area contributed by atoms with Crippen molar-refractivity contribution in [1.29, 1.82) is 0 Å². The van der Waals surface area contributed by atoms with Crippen LogP contribution in [0.1, 0.15) is 13.3 Å². The fourth-order valence-electron chi connectivity index (χ4n) is 1.29. The molecule has 1 heterocycles. The number of rotatable bonds is 3. The van der Waals surface area contributed by atoms with E-state index in [0.29, 0.717) is 15.6 Å². The Kier molecular flexibility index (Phi) is 3.29. The van der Waals surface area contributed by atoms with Gasteiger partial charge in [-0.05, 0) is 12.5 Å². The number of fused-ring (bicyclic) bond motifs is 1. The Labute approximate surface area is 102 Å². The second kappa shape index (κ2) is 4.51. The van der Waals surface area contributed by atoms with Crippen LogP contribution in [0.4, 0.5) is 5.69 Å². The topological polar surface area (TPSA) is 37.8 Å². The van der Waals surface area contributed by atoms with Crippen LogP contribution in [-0.2, 0) is 0 Å². The van der Waals surface area contributed by atoms with Crippen molar-refractivity contribution in [1.82, 2.24) is 8.75 Å². The second-order valence-corrected chi connectivity index (χ2v) is 4.45. The molecule has 0 unspecified atom stereocenters. The van der Waals surface area contributed by atoms with Crippen LogP contribution in [0.25, 0.3) is 11.0 Å². The summed E-state index contributed by atoms with van der Waals surface area (Å²) in [5, 5.41) is 4.37. The standard InChI is InChI=1S/C9H9Cl2N3S/c1-2-3-12-7-5(10)4-6(11)8-9(7)14-15-13-8/h4,12H,2-3H2,1H3. The van der Waals surface area contributed by atoms with Crippen molar-refractivity contribution in [3.63, 3.8) is 0 Å². The average Bonchev–Trinajstić information content (AvgIpc) is 2.66. The maximum Gasteiger partial charge on any atom is 0.130 e. The van der Waals surface area contributed by atoms with Crippen molar-refractivity contribution < 1.29 is 0 Å². The SMILES string of the molecule is CCCNc1c(Cl)cc(Cl)c2nsnc12. The van der Waals surface area contributed by atoms with Gasteiger partial charge in [0.2, 0.25) is 0 Å². The lowest BCUT2D eigenvalue weighted by molar-refractivity contribution is 0.981. The number of aromatic nitrogens is 2. The molecule has 1 aromatic carbocycles. The molecular formula is C9H9Cl2N3S. The van der Waals surface area contributed by atoms with Crippen LogP contribution in [0, 0.1) is 0 Å². The molecule has 6 heteroatoms. The number of hydrogen-bond acceptors (Lipinski definition) is 4. The molecule has 1 aromatic heterocycles. The molecule has 0 saturated carbocycles. The van der Waals surface area contributed by atoms with Gasteiger partial charge in [-0.15, -0.1) is 0 Å². The number of benzene rings is 1. The van der Waals surface area contributed by atoms with Crippen molar-refractivity contribution in [3.05, 3.63) is 16.1 Å². The van der Waals surface area contributed by atoms with Gasteiger partial charge in [-0.3, -0.25) is 0 Å². The summed E-state index contributed by atoms with van der Waals surface area (Å²) in [6.45, 7) is 2.95. The van der Waals surface area contributed by atoms with E-state index in [1.807, 2.05) is 0 Å². The van der Waals surface area contributed by atoms with E-state index in [2.05, 4.69) is 21.0 Å². The van der Waals surface area contributed by atoms with Gasteiger partial charge in [0.05, 0.1) is 27.5 Å². The van der Waals surface area contributed by atoms with Crippen LogP contribution >= 0.6 is 34.9 Å². The van der Waals surface area contributed by atoms with Crippen molar-refractivity contribution in [3.8, 4) is 0 Å². The monoisotopic (exact) mass is 261 g/mol. The average molecular weight is 262 g/mol. The molecule has 0 saturated heterocycles. The Bertz CT molecular complexity index is 483. The summed E-state index contributed by atoms with van der Waals surface area (Å²) in [5.74, 6) is 0. The van der Waals surface area contributed by atoms with Gasteiger partial charge in [0.15, 0.2) is 0 Å². The van der Waals surface area contributed by atoms with Crippen molar-refractivity contribution in [2.24, 2.45) is 0 Å². The van der Waals surface area contributed by atoms with E-state index in [9.17, 15) is 0 Å². The van der Waals surface area contributed by atoms with E-state index in [4.69, 9.17) is 23.2 Å². The number of nitrogens with zero attached hydrogens (tertiary/aromatic N) is 2. The number of anilines is 1. The summed E-state index contributed by atoms with van der Waals surface area (Å²) in [5.41, 5.74) is 2.29. The van der Waals surface area contributed by atoms with E-state index in [0.717, 1.165) is 35.9 Å². The predicted octanol–water partition coefficient (Wildman–Crippen LogP) is 3.82. The molecule has 0 aliphatic rings. The summed E-state index contributed by atoms with van der Waals surface area (Å²) in [6, 6.07) is 1.70. The van der Waals surface area contributed by atoms with Gasteiger partial charge >= 0.3 is 0 Å². The zero-order chi connectivity index (χ0) is 10.8. The van der Waals surface area contributed by atoms with Gasteiger partial charge in [-0.2, -0.15) is 8.75 Å². The quantitative estimate of drug-likeness (QED) is 0.913. The first-order valence-corrected chi connectivity index (χ1v) is 6.06. The smallest absolute Gasteiger partial charge is 0.130 e. The first-order valence-electron chi connectivity index (χ1n) is 4.58. The lowest BCUT2D eigenvalue weighted by Crippen LogP contribution is -2.01. The van der Waals surface area contributed by atoms with Crippen LogP contribution in [0.5, 0.6) is 0 Å². The first-order chi connectivity index (χ1) is 7.24. The minimum absolute atomic E-state index is 0.547. The molecule has 0 atom stereocenters. The van der Waals surface area contributed by atoms with E-state index >= 15 is 0 Å². The molecule has 0 fully saturated rings. The third-order valence-corrected chi connectivity index (χ3v) is 3.11. The Hall–Kier alpha value is -0.580. The van der Waals surface area contributed by atoms with Gasteiger partial charge in [0.25, 0.3) is 0 Å². The molecule has 0 aliphatic heterocycles. The Morgan fingerprint density at radius 2 is 2.00 bits per heavy atom. The summed E-state index contributed by atoms with van der Waals surface area (Å²) < 4.78 is 8.32. The maximum atomic E-state index is 6.09. The van der Waals surface area contributed by atoms with E-state index < -0.39 is 0 Å². The molecule has 0 bridgehead atoms. The zero-order valence-electron chi connectivity index (χ0n) is 8.05. The Morgan fingerprint density at radius 3 is 2.73 bits per heavy atom. The molecular weight excluding hydrogens is 253 g/mol. The minimum Gasteiger partial charge on any atom is -0.382 e. The third-order valence-electron chi connectivity index (χ3n) is 2.00. The van der Waals surface area contributed by atoms with Crippen LogP contribution in [0.3, 0.4) is 0 Å². The number of halogens is 2. The van der Waals surface area contributed by atoms with Crippen LogP contribution in [-0.4, -0.2) is 15.3 Å². The van der Waals surface area contributed by atoms with Crippen LogP contribution < -0.4 is 5.32 Å². The maximum absolute atomic E-state index is 6.09. The number of nitrogens with one attached hydrogen (secondary N) is 1. The molecule has 80 valence electrons. The predicted molar refractivity (Wildman–Crippen MR) is 66.2 cm³/mol. The third kappa shape index (κ3) is 2.02. The fraction of sp³-hybridized carbons (Fsp3) is 0.333. The summed E-state index contributed by atoms with van der Waals surface area (Å²) in [6.07, 6.45) is 1.03. The van der Waals surface area contributed by atoms with E-state index in [1.54, 1.807) is 6.07 Å². The highest BCUT2D eigenvalue weighted by Crippen LogP contribution is 2.34. The molecule has 2 rings (SSSR count). The van der Waals surface area contributed by atoms with Gasteiger partial charge < -0.3 is 5.32 Å². The normalized spacial score (nSPS) is 10.9. The highest BCUT2D eigenvalue weighted by Gasteiger charge is 2.12. The fourth-order valence-corrected chi connectivity index (χ4v) is 2.47. The molecule has 0 spiro atoms. The molecule has 15 heavy (non-hydrogen) atoms. The van der Waals surface area contributed by atoms with Crippen LogP contribution in [0.15, 0.2) is 6.07 Å². The van der Waals surface area contributed by atoms with E-state index in [1.165, 1.54) is 0 Å². The molecule has 0 radical (unpaired) electrons. The summed E-state index contributed by atoms with van der Waals surface area (Å²) >= 11 is 13.2. The van der Waals surface area contributed by atoms with Crippen molar-refractivity contribution in [2.75, 3.05) is 11.9 Å². The summed E-state index contributed by atoms with van der Waals surface area (Å²) in [7, 11) is 0. The highest BCUT2D eigenvalue weighted by atomic mass is 35.5. The molecule has 3 nitrogen and oxygen atoms in total. The molecule has 1 N–H and O–H groups in total. The van der Waals surface area contributed by atoms with Crippen molar-refractivity contribution in [2.45, 2.75) is 13.3 Å². The zero-order valence-corrected chi connectivity index (χ0v) is 10.4. The van der Waals surface area contributed by atoms with Gasteiger partial charge in [0, 0.05) is 6.54 Å². The Morgan fingerprint density at radius 1 is 1.27 bits per heavy atom. The van der Waals surface area contributed by atoms with E-state index in [-0.39, 0.29) is 0 Å². The lowest BCUT2D eigenvalue weighted by atomic mass is 10.2. The molecule has 0 amide bonds. The second-order valence-electron chi connectivity index (χ2n) is 3.10. The number of hydrogen-bond donors (Lipinski definition) is 1. The first kappa shape index (κ1) is 10.9. The largest absolute Gasteiger partial charge is 0.382 e. The molecule has 0 aliphatic carbocycles. The lowest BCUT2D eigenvalue weighted by Gasteiger charge is -2.07.